The summed E-state index contributed by atoms with van der Waals surface area (Å²) in [7, 11) is 0. The summed E-state index contributed by atoms with van der Waals surface area (Å²) in [5.41, 5.74) is 0. The minimum atomic E-state index is 0.466. The van der Waals surface area contributed by atoms with Crippen molar-refractivity contribution in [2.75, 3.05) is 13.2 Å². The smallest absolute Gasteiger partial charge is 0.0549 e. The highest BCUT2D eigenvalue weighted by Gasteiger charge is 2.30. The molecule has 4 unspecified atom stereocenters. The van der Waals surface area contributed by atoms with Gasteiger partial charge in [-0.05, 0) is 51.4 Å². The SMILES string of the molecule is CC1CCC(C2CCOC(C)C2)CO1. The van der Waals surface area contributed by atoms with Crippen LogP contribution in [-0.2, 0) is 9.47 Å². The van der Waals surface area contributed by atoms with E-state index in [4.69, 9.17) is 9.47 Å². The van der Waals surface area contributed by atoms with E-state index in [1.54, 1.807) is 0 Å². The van der Waals surface area contributed by atoms with Gasteiger partial charge in [0, 0.05) is 6.61 Å². The van der Waals surface area contributed by atoms with Crippen molar-refractivity contribution < 1.29 is 9.47 Å². The molecule has 2 aliphatic rings. The Hall–Kier alpha value is -0.0800. The Morgan fingerprint density at radius 3 is 2.36 bits per heavy atom. The largest absolute Gasteiger partial charge is 0.378 e. The highest BCUT2D eigenvalue weighted by atomic mass is 16.5. The normalized spacial score (nSPS) is 45.0. The molecule has 4 atom stereocenters. The summed E-state index contributed by atoms with van der Waals surface area (Å²) in [5, 5.41) is 0. The van der Waals surface area contributed by atoms with E-state index in [-0.39, 0.29) is 0 Å². The van der Waals surface area contributed by atoms with Gasteiger partial charge < -0.3 is 9.47 Å². The van der Waals surface area contributed by atoms with Crippen molar-refractivity contribution in [3.8, 4) is 0 Å². The second-order valence-electron chi connectivity index (χ2n) is 4.95. The summed E-state index contributed by atoms with van der Waals surface area (Å²) < 4.78 is 11.3. The van der Waals surface area contributed by atoms with E-state index in [2.05, 4.69) is 13.8 Å². The fourth-order valence-electron chi connectivity index (χ4n) is 2.74. The Balaban J connectivity index is 1.82. The lowest BCUT2D eigenvalue weighted by Gasteiger charge is -2.36. The third-order valence-electron chi connectivity index (χ3n) is 3.73. The van der Waals surface area contributed by atoms with Gasteiger partial charge in [0.15, 0.2) is 0 Å². The number of ether oxygens (including phenoxy) is 2. The molecule has 14 heavy (non-hydrogen) atoms. The molecule has 0 aromatic heterocycles. The third-order valence-corrected chi connectivity index (χ3v) is 3.73. The number of rotatable bonds is 1. The van der Waals surface area contributed by atoms with Gasteiger partial charge >= 0.3 is 0 Å². The van der Waals surface area contributed by atoms with Crippen LogP contribution in [0.1, 0.15) is 39.5 Å². The van der Waals surface area contributed by atoms with Crippen LogP contribution in [-0.4, -0.2) is 25.4 Å². The van der Waals surface area contributed by atoms with Crippen molar-refractivity contribution in [3.63, 3.8) is 0 Å². The van der Waals surface area contributed by atoms with Crippen LogP contribution in [0.25, 0.3) is 0 Å². The number of hydrogen-bond acceptors (Lipinski definition) is 2. The topological polar surface area (TPSA) is 18.5 Å². The molecule has 2 rings (SSSR count). The monoisotopic (exact) mass is 198 g/mol. The summed E-state index contributed by atoms with van der Waals surface area (Å²) in [6, 6.07) is 0. The molecule has 2 aliphatic heterocycles. The molecule has 0 radical (unpaired) electrons. The van der Waals surface area contributed by atoms with Crippen molar-refractivity contribution in [3.05, 3.63) is 0 Å². The molecule has 2 heteroatoms. The van der Waals surface area contributed by atoms with Gasteiger partial charge in [0.05, 0.1) is 18.8 Å². The Morgan fingerprint density at radius 1 is 0.857 bits per heavy atom. The first-order chi connectivity index (χ1) is 6.75. The first kappa shape index (κ1) is 10.4. The average molecular weight is 198 g/mol. The maximum absolute atomic E-state index is 5.74. The van der Waals surface area contributed by atoms with E-state index < -0.39 is 0 Å². The number of hydrogen-bond donors (Lipinski definition) is 0. The zero-order valence-corrected chi connectivity index (χ0v) is 9.37. The molecule has 0 bridgehead atoms. The zero-order chi connectivity index (χ0) is 9.97. The van der Waals surface area contributed by atoms with E-state index in [9.17, 15) is 0 Å². The van der Waals surface area contributed by atoms with Crippen molar-refractivity contribution in [2.45, 2.75) is 51.7 Å². The molecule has 0 aromatic rings. The standard InChI is InChI=1S/C12H22O2/c1-9-3-4-12(8-14-9)11-5-6-13-10(2)7-11/h9-12H,3-8H2,1-2H3. The lowest BCUT2D eigenvalue weighted by atomic mass is 9.80. The summed E-state index contributed by atoms with van der Waals surface area (Å²) in [5.74, 6) is 1.66. The summed E-state index contributed by atoms with van der Waals surface area (Å²) >= 11 is 0. The van der Waals surface area contributed by atoms with E-state index in [1.165, 1.54) is 25.7 Å². The van der Waals surface area contributed by atoms with Crippen LogP contribution >= 0.6 is 0 Å². The highest BCUT2D eigenvalue weighted by Crippen LogP contribution is 2.33. The Morgan fingerprint density at radius 2 is 1.71 bits per heavy atom. The first-order valence-electron chi connectivity index (χ1n) is 5.99. The van der Waals surface area contributed by atoms with Crippen LogP contribution < -0.4 is 0 Å². The van der Waals surface area contributed by atoms with Crippen LogP contribution in [0.3, 0.4) is 0 Å². The summed E-state index contributed by atoms with van der Waals surface area (Å²) in [6.07, 6.45) is 6.04. The Kier molecular flexibility index (Phi) is 3.45. The first-order valence-corrected chi connectivity index (χ1v) is 5.99. The van der Waals surface area contributed by atoms with Crippen LogP contribution in [0.2, 0.25) is 0 Å². The van der Waals surface area contributed by atoms with Crippen molar-refractivity contribution in [1.29, 1.82) is 0 Å². The molecule has 0 amide bonds. The predicted octanol–water partition coefficient (Wildman–Crippen LogP) is 2.62. The van der Waals surface area contributed by atoms with Crippen LogP contribution in [0, 0.1) is 11.8 Å². The second kappa shape index (κ2) is 4.63. The minimum absolute atomic E-state index is 0.466. The van der Waals surface area contributed by atoms with Crippen molar-refractivity contribution in [2.24, 2.45) is 11.8 Å². The molecular formula is C12H22O2. The second-order valence-corrected chi connectivity index (χ2v) is 4.95. The van der Waals surface area contributed by atoms with E-state index >= 15 is 0 Å². The van der Waals surface area contributed by atoms with Gasteiger partial charge in [-0.25, -0.2) is 0 Å². The van der Waals surface area contributed by atoms with Gasteiger partial charge in [-0.1, -0.05) is 0 Å². The third kappa shape index (κ3) is 2.48. The van der Waals surface area contributed by atoms with Crippen molar-refractivity contribution >= 4 is 0 Å². The maximum atomic E-state index is 5.74. The van der Waals surface area contributed by atoms with Crippen LogP contribution in [0.15, 0.2) is 0 Å². The lowest BCUT2D eigenvalue weighted by molar-refractivity contribution is -0.0618. The quantitative estimate of drug-likeness (QED) is 0.645. The van der Waals surface area contributed by atoms with Gasteiger partial charge in [-0.3, -0.25) is 0 Å². The van der Waals surface area contributed by atoms with Gasteiger partial charge in [0.25, 0.3) is 0 Å². The summed E-state index contributed by atoms with van der Waals surface area (Å²) in [4.78, 5) is 0. The van der Waals surface area contributed by atoms with Crippen molar-refractivity contribution in [1.82, 2.24) is 0 Å². The van der Waals surface area contributed by atoms with E-state index in [1.807, 2.05) is 0 Å². The maximum Gasteiger partial charge on any atom is 0.0549 e. The van der Waals surface area contributed by atoms with Crippen LogP contribution in [0.4, 0.5) is 0 Å². The van der Waals surface area contributed by atoms with E-state index in [0.717, 1.165) is 25.0 Å². The molecule has 0 N–H and O–H groups in total. The molecule has 2 nitrogen and oxygen atoms in total. The zero-order valence-electron chi connectivity index (χ0n) is 9.37. The van der Waals surface area contributed by atoms with Gasteiger partial charge in [-0.2, -0.15) is 0 Å². The molecular weight excluding hydrogens is 176 g/mol. The molecule has 0 aliphatic carbocycles. The lowest BCUT2D eigenvalue weighted by Crippen LogP contribution is -2.34. The highest BCUT2D eigenvalue weighted by molar-refractivity contribution is 4.79. The van der Waals surface area contributed by atoms with Gasteiger partial charge in [-0.15, -0.1) is 0 Å². The van der Waals surface area contributed by atoms with Gasteiger partial charge in [0.1, 0.15) is 0 Å². The molecule has 2 fully saturated rings. The molecule has 2 heterocycles. The van der Waals surface area contributed by atoms with Gasteiger partial charge in [0.2, 0.25) is 0 Å². The fraction of sp³-hybridized carbons (Fsp3) is 1.00. The molecule has 0 aromatic carbocycles. The average Bonchev–Trinajstić information content (AvgIpc) is 2.19. The molecule has 2 saturated heterocycles. The molecule has 0 spiro atoms. The predicted molar refractivity (Wildman–Crippen MR) is 56.3 cm³/mol. The summed E-state index contributed by atoms with van der Waals surface area (Å²) in [6.45, 7) is 6.32. The molecule has 0 saturated carbocycles. The molecule has 82 valence electrons. The minimum Gasteiger partial charge on any atom is -0.378 e. The van der Waals surface area contributed by atoms with E-state index in [0.29, 0.717) is 12.2 Å². The Labute approximate surface area is 87.0 Å². The Bertz CT molecular complexity index is 173. The van der Waals surface area contributed by atoms with Crippen LogP contribution in [0.5, 0.6) is 0 Å². The fourth-order valence-corrected chi connectivity index (χ4v) is 2.74.